The molecule has 3 aromatic rings. The van der Waals surface area contributed by atoms with E-state index in [0.717, 1.165) is 29.5 Å². The van der Waals surface area contributed by atoms with Crippen molar-refractivity contribution in [3.63, 3.8) is 0 Å². The number of aromatic nitrogens is 1. The first kappa shape index (κ1) is 18.6. The van der Waals surface area contributed by atoms with E-state index in [9.17, 15) is 4.39 Å². The van der Waals surface area contributed by atoms with Crippen LogP contribution in [0.1, 0.15) is 44.0 Å². The molecule has 0 amide bonds. The zero-order valence-electron chi connectivity index (χ0n) is 16.8. The Labute approximate surface area is 165 Å². The van der Waals surface area contributed by atoms with E-state index >= 15 is 0 Å². The largest absolute Gasteiger partial charge is 0.471 e. The number of ether oxygens (including phenoxy) is 1. The first-order valence-corrected chi connectivity index (χ1v) is 9.64. The van der Waals surface area contributed by atoms with Gasteiger partial charge in [0.15, 0.2) is 0 Å². The smallest absolute Gasteiger partial charge is 0.219 e. The summed E-state index contributed by atoms with van der Waals surface area (Å²) >= 11 is 0. The minimum atomic E-state index is -0.357. The lowest BCUT2D eigenvalue weighted by atomic mass is 9.82. The third kappa shape index (κ3) is 3.64. The number of pyridine rings is 1. The molecule has 1 atom stereocenters. The molecule has 0 saturated heterocycles. The van der Waals surface area contributed by atoms with Gasteiger partial charge < -0.3 is 4.74 Å². The van der Waals surface area contributed by atoms with E-state index in [4.69, 9.17) is 9.73 Å². The SMILES string of the molecule is Cc1nc2c(F)cccc2cc1C1=NC(C)(Cc2ccccc2)CC(C)(C)O1. The number of aryl methyl sites for hydroxylation is 1. The number of hydrogen-bond acceptors (Lipinski definition) is 3. The highest BCUT2D eigenvalue weighted by Gasteiger charge is 2.40. The lowest BCUT2D eigenvalue weighted by molar-refractivity contribution is 0.0430. The summed E-state index contributed by atoms with van der Waals surface area (Å²) in [4.78, 5) is 9.52. The zero-order valence-corrected chi connectivity index (χ0v) is 16.8. The van der Waals surface area contributed by atoms with Crippen LogP contribution in [-0.4, -0.2) is 22.0 Å². The molecule has 1 unspecified atom stereocenters. The van der Waals surface area contributed by atoms with Crippen molar-refractivity contribution in [1.82, 2.24) is 4.98 Å². The standard InChI is InChI=1S/C24H25FN2O/c1-16-19(13-18-11-8-12-20(25)21(18)26-16)22-27-24(4,15-23(2,3)28-22)14-17-9-6-5-7-10-17/h5-13H,14-15H2,1-4H3. The van der Waals surface area contributed by atoms with Crippen molar-refractivity contribution < 1.29 is 9.13 Å². The van der Waals surface area contributed by atoms with Crippen LogP contribution < -0.4 is 0 Å². The lowest BCUT2D eigenvalue weighted by Crippen LogP contribution is -2.45. The van der Waals surface area contributed by atoms with Crippen molar-refractivity contribution in [2.75, 3.05) is 0 Å². The molecule has 1 aromatic heterocycles. The van der Waals surface area contributed by atoms with Crippen molar-refractivity contribution in [1.29, 1.82) is 0 Å². The Kier molecular flexibility index (Phi) is 4.45. The summed E-state index contributed by atoms with van der Waals surface area (Å²) in [6, 6.07) is 17.3. The molecule has 0 spiro atoms. The molecule has 1 aliphatic heterocycles. The van der Waals surface area contributed by atoms with E-state index in [2.05, 4.69) is 50.0 Å². The number of hydrogen-bond donors (Lipinski definition) is 0. The number of para-hydroxylation sites is 1. The van der Waals surface area contributed by atoms with Gasteiger partial charge in [0.05, 0.1) is 16.8 Å². The van der Waals surface area contributed by atoms with Gasteiger partial charge in [-0.2, -0.15) is 0 Å². The molecule has 2 heterocycles. The minimum absolute atomic E-state index is 0.290. The first-order valence-electron chi connectivity index (χ1n) is 9.64. The molecule has 28 heavy (non-hydrogen) atoms. The van der Waals surface area contributed by atoms with E-state index in [0.29, 0.717) is 11.4 Å². The van der Waals surface area contributed by atoms with Crippen LogP contribution in [0.3, 0.4) is 0 Å². The first-order chi connectivity index (χ1) is 13.2. The van der Waals surface area contributed by atoms with Crippen LogP contribution in [-0.2, 0) is 11.2 Å². The topological polar surface area (TPSA) is 34.5 Å². The minimum Gasteiger partial charge on any atom is -0.471 e. The Balaban J connectivity index is 1.80. The normalized spacial score (nSPS) is 21.2. The predicted octanol–water partition coefficient (Wildman–Crippen LogP) is 5.63. The van der Waals surface area contributed by atoms with Crippen LogP contribution in [0, 0.1) is 12.7 Å². The molecule has 144 valence electrons. The molecule has 4 rings (SSSR count). The Hall–Kier alpha value is -2.75. The maximum Gasteiger partial charge on any atom is 0.219 e. The van der Waals surface area contributed by atoms with Gasteiger partial charge in [-0.15, -0.1) is 0 Å². The summed E-state index contributed by atoms with van der Waals surface area (Å²) < 4.78 is 20.4. The number of fused-ring (bicyclic) bond motifs is 1. The van der Waals surface area contributed by atoms with Gasteiger partial charge in [-0.1, -0.05) is 42.5 Å². The van der Waals surface area contributed by atoms with Gasteiger partial charge in [-0.3, -0.25) is 0 Å². The number of aliphatic imine (C=N–C) groups is 1. The highest BCUT2D eigenvalue weighted by atomic mass is 19.1. The number of halogens is 1. The third-order valence-electron chi connectivity index (χ3n) is 5.20. The van der Waals surface area contributed by atoms with Crippen LogP contribution in [0.15, 0.2) is 59.6 Å². The molecule has 0 aliphatic carbocycles. The zero-order chi connectivity index (χ0) is 19.9. The van der Waals surface area contributed by atoms with E-state index in [1.54, 1.807) is 6.07 Å². The molecule has 4 heteroatoms. The summed E-state index contributed by atoms with van der Waals surface area (Å²) in [6.45, 7) is 8.24. The van der Waals surface area contributed by atoms with Gasteiger partial charge in [-0.25, -0.2) is 14.4 Å². The second kappa shape index (κ2) is 6.69. The summed E-state index contributed by atoms with van der Waals surface area (Å²) in [7, 11) is 0. The number of nitrogens with zero attached hydrogens (tertiary/aromatic N) is 2. The fourth-order valence-electron chi connectivity index (χ4n) is 4.25. The molecule has 0 fully saturated rings. The molecule has 2 aromatic carbocycles. The highest BCUT2D eigenvalue weighted by Crippen LogP contribution is 2.36. The van der Waals surface area contributed by atoms with Crippen molar-refractivity contribution in [3.05, 3.63) is 77.2 Å². The van der Waals surface area contributed by atoms with Crippen LogP contribution in [0.5, 0.6) is 0 Å². The Bertz CT molecular complexity index is 1060. The highest BCUT2D eigenvalue weighted by molar-refractivity contribution is 5.99. The Morgan fingerprint density at radius 2 is 1.79 bits per heavy atom. The summed E-state index contributed by atoms with van der Waals surface area (Å²) in [6.07, 6.45) is 1.64. The second-order valence-corrected chi connectivity index (χ2v) is 8.55. The maximum absolute atomic E-state index is 14.1. The fourth-order valence-corrected chi connectivity index (χ4v) is 4.25. The van der Waals surface area contributed by atoms with Crippen molar-refractivity contribution in [2.45, 2.75) is 51.7 Å². The van der Waals surface area contributed by atoms with E-state index in [1.165, 1.54) is 11.6 Å². The van der Waals surface area contributed by atoms with Gasteiger partial charge in [0.25, 0.3) is 0 Å². The average molecular weight is 376 g/mol. The van der Waals surface area contributed by atoms with Crippen molar-refractivity contribution in [3.8, 4) is 0 Å². The monoisotopic (exact) mass is 376 g/mol. The molecule has 0 saturated carbocycles. The molecular weight excluding hydrogens is 351 g/mol. The van der Waals surface area contributed by atoms with E-state index < -0.39 is 0 Å². The van der Waals surface area contributed by atoms with Gasteiger partial charge >= 0.3 is 0 Å². The lowest BCUT2D eigenvalue weighted by Gasteiger charge is -2.41. The molecule has 1 aliphatic rings. The number of benzene rings is 2. The second-order valence-electron chi connectivity index (χ2n) is 8.55. The van der Waals surface area contributed by atoms with Crippen LogP contribution in [0.2, 0.25) is 0 Å². The van der Waals surface area contributed by atoms with Crippen LogP contribution in [0.4, 0.5) is 4.39 Å². The van der Waals surface area contributed by atoms with E-state index in [-0.39, 0.29) is 17.0 Å². The Morgan fingerprint density at radius 1 is 1.04 bits per heavy atom. The average Bonchev–Trinajstić information content (AvgIpc) is 2.61. The van der Waals surface area contributed by atoms with Crippen molar-refractivity contribution >= 4 is 16.8 Å². The maximum atomic E-state index is 14.1. The van der Waals surface area contributed by atoms with Gasteiger partial charge in [0, 0.05) is 11.8 Å². The summed E-state index contributed by atoms with van der Waals surface area (Å²) in [5, 5.41) is 0.750. The van der Waals surface area contributed by atoms with Gasteiger partial charge in [-0.05, 0) is 51.8 Å². The quantitative estimate of drug-likeness (QED) is 0.594. The van der Waals surface area contributed by atoms with E-state index in [1.807, 2.05) is 25.1 Å². The predicted molar refractivity (Wildman–Crippen MR) is 111 cm³/mol. The van der Waals surface area contributed by atoms with Gasteiger partial charge in [0.1, 0.15) is 16.9 Å². The number of rotatable bonds is 3. The van der Waals surface area contributed by atoms with Crippen LogP contribution in [0.25, 0.3) is 10.9 Å². The summed E-state index contributed by atoms with van der Waals surface area (Å²) in [5.74, 6) is 0.277. The van der Waals surface area contributed by atoms with Gasteiger partial charge in [0.2, 0.25) is 5.90 Å². The molecule has 0 bridgehead atoms. The molecule has 0 N–H and O–H groups in total. The molecular formula is C24H25FN2O. The molecule has 0 radical (unpaired) electrons. The van der Waals surface area contributed by atoms with Crippen molar-refractivity contribution in [2.24, 2.45) is 4.99 Å². The molecule has 3 nitrogen and oxygen atoms in total. The van der Waals surface area contributed by atoms with Crippen LogP contribution >= 0.6 is 0 Å². The fraction of sp³-hybridized carbons (Fsp3) is 0.333. The third-order valence-corrected chi connectivity index (χ3v) is 5.20. The summed E-state index contributed by atoms with van der Waals surface area (Å²) in [5.41, 5.74) is 2.53. The Morgan fingerprint density at radius 3 is 2.54 bits per heavy atom.